The van der Waals surface area contributed by atoms with Crippen molar-refractivity contribution in [2.24, 2.45) is 11.8 Å². The van der Waals surface area contributed by atoms with Crippen LogP contribution in [0.5, 0.6) is 0 Å². The molecule has 1 fully saturated rings. The zero-order valence-electron chi connectivity index (χ0n) is 20.9. The van der Waals surface area contributed by atoms with Crippen LogP contribution < -0.4 is 16.6 Å². The van der Waals surface area contributed by atoms with E-state index in [4.69, 9.17) is 4.42 Å². The molecule has 2 atom stereocenters. The minimum absolute atomic E-state index is 0.103. The lowest BCUT2D eigenvalue weighted by molar-refractivity contribution is -0.134. The second-order valence-corrected chi connectivity index (χ2v) is 9.90. The Balaban J connectivity index is 1.46. The third-order valence-corrected chi connectivity index (χ3v) is 6.72. The Bertz CT molecular complexity index is 1310. The average molecular weight is 495 g/mol. The van der Waals surface area contributed by atoms with E-state index >= 15 is 0 Å². The van der Waals surface area contributed by atoms with Crippen molar-refractivity contribution in [3.8, 4) is 0 Å². The van der Waals surface area contributed by atoms with Gasteiger partial charge in [0.2, 0.25) is 11.8 Å². The van der Waals surface area contributed by atoms with Crippen LogP contribution in [0, 0.1) is 11.8 Å². The fraction of sp³-hybridized carbons (Fsp3) is 0.481. The molecule has 4 rings (SSSR count). The number of nitrogens with one attached hydrogen (secondary N) is 1. The number of unbranched alkanes of at least 4 members (excludes halogenated alkanes) is 1. The van der Waals surface area contributed by atoms with Gasteiger partial charge in [-0.1, -0.05) is 26.0 Å². The van der Waals surface area contributed by atoms with E-state index in [2.05, 4.69) is 19.2 Å². The Morgan fingerprint density at radius 2 is 1.75 bits per heavy atom. The van der Waals surface area contributed by atoms with Gasteiger partial charge in [0.1, 0.15) is 12.3 Å². The summed E-state index contributed by atoms with van der Waals surface area (Å²) in [4.78, 5) is 53.6. The highest BCUT2D eigenvalue weighted by Crippen LogP contribution is 2.21. The lowest BCUT2D eigenvalue weighted by Gasteiger charge is -2.35. The van der Waals surface area contributed by atoms with Crippen molar-refractivity contribution in [3.05, 3.63) is 69.3 Å². The lowest BCUT2D eigenvalue weighted by Crippen LogP contribution is -2.47. The fourth-order valence-electron chi connectivity index (χ4n) is 5.07. The molecule has 192 valence electrons. The molecule has 0 spiro atoms. The van der Waals surface area contributed by atoms with Crippen molar-refractivity contribution in [1.29, 1.82) is 0 Å². The first-order valence-corrected chi connectivity index (χ1v) is 12.6. The van der Waals surface area contributed by atoms with Crippen LogP contribution >= 0.6 is 0 Å². The van der Waals surface area contributed by atoms with Crippen LogP contribution in [-0.2, 0) is 29.2 Å². The number of nitrogens with zero attached hydrogens (tertiary/aromatic N) is 3. The van der Waals surface area contributed by atoms with Gasteiger partial charge in [-0.05, 0) is 55.4 Å². The molecule has 0 radical (unpaired) electrons. The number of piperidine rings is 1. The third kappa shape index (κ3) is 5.95. The summed E-state index contributed by atoms with van der Waals surface area (Å²) < 4.78 is 7.81. The maximum atomic E-state index is 13.4. The highest BCUT2D eigenvalue weighted by Gasteiger charge is 2.26. The summed E-state index contributed by atoms with van der Waals surface area (Å²) in [6, 6.07) is 10.5. The Labute approximate surface area is 209 Å². The lowest BCUT2D eigenvalue weighted by atomic mass is 9.92. The van der Waals surface area contributed by atoms with E-state index in [0.717, 1.165) is 6.42 Å². The van der Waals surface area contributed by atoms with Gasteiger partial charge >= 0.3 is 5.69 Å². The first-order valence-electron chi connectivity index (χ1n) is 12.6. The standard InChI is InChI=1S/C27H34N4O5/c1-19-14-20(2)17-29(16-19)25(33)18-31-23-10-4-3-9-22(23)26(34)30(27(31)35)12-6-5-11-24(32)28-15-21-8-7-13-36-21/h3-4,7-10,13,19-20H,5-6,11-12,14-18H2,1-2H3,(H,28,32). The van der Waals surface area contributed by atoms with Gasteiger partial charge in [0.05, 0.1) is 23.7 Å². The molecule has 0 aliphatic carbocycles. The SMILES string of the molecule is CC1CC(C)CN(C(=O)Cn2c(=O)n(CCCCC(=O)NCc3ccco3)c(=O)c3ccccc32)C1. The largest absolute Gasteiger partial charge is 0.467 e. The molecule has 9 nitrogen and oxygen atoms in total. The number of carbonyl (C=O) groups is 2. The van der Waals surface area contributed by atoms with Crippen LogP contribution in [-0.4, -0.2) is 38.9 Å². The predicted molar refractivity (Wildman–Crippen MR) is 136 cm³/mol. The molecule has 3 heterocycles. The Morgan fingerprint density at radius 3 is 2.47 bits per heavy atom. The van der Waals surface area contributed by atoms with Crippen LogP contribution in [0.1, 0.15) is 45.3 Å². The molecule has 1 N–H and O–H groups in total. The number of furan rings is 1. The van der Waals surface area contributed by atoms with Gasteiger partial charge in [-0.25, -0.2) is 4.79 Å². The molecule has 1 aliphatic rings. The van der Waals surface area contributed by atoms with Crippen molar-refractivity contribution in [3.63, 3.8) is 0 Å². The van der Waals surface area contributed by atoms with E-state index in [1.807, 2.05) is 4.90 Å². The fourth-order valence-corrected chi connectivity index (χ4v) is 5.07. The van der Waals surface area contributed by atoms with Crippen LogP contribution in [0.4, 0.5) is 0 Å². The molecule has 9 heteroatoms. The summed E-state index contributed by atoms with van der Waals surface area (Å²) in [5.41, 5.74) is -0.401. The van der Waals surface area contributed by atoms with Crippen LogP contribution in [0.3, 0.4) is 0 Å². The molecule has 2 unspecified atom stereocenters. The molecule has 1 aliphatic heterocycles. The third-order valence-electron chi connectivity index (χ3n) is 6.72. The number of carbonyl (C=O) groups excluding carboxylic acids is 2. The number of benzene rings is 1. The zero-order valence-corrected chi connectivity index (χ0v) is 20.9. The maximum Gasteiger partial charge on any atom is 0.331 e. The minimum atomic E-state index is -0.493. The molecule has 0 saturated carbocycles. The summed E-state index contributed by atoms with van der Waals surface area (Å²) in [5.74, 6) is 1.27. The quantitative estimate of drug-likeness (QED) is 0.461. The number of hydrogen-bond acceptors (Lipinski definition) is 5. The maximum absolute atomic E-state index is 13.4. The minimum Gasteiger partial charge on any atom is -0.467 e. The van der Waals surface area contributed by atoms with Crippen LogP contribution in [0.25, 0.3) is 10.9 Å². The summed E-state index contributed by atoms with van der Waals surface area (Å²) in [6.45, 7) is 6.02. The monoisotopic (exact) mass is 494 g/mol. The second kappa shape index (κ2) is 11.4. The Morgan fingerprint density at radius 1 is 1.00 bits per heavy atom. The molecular formula is C27H34N4O5. The topological polar surface area (TPSA) is 107 Å². The molecule has 3 aromatic rings. The van der Waals surface area contributed by atoms with Gasteiger partial charge in [0, 0.05) is 26.1 Å². The number of para-hydroxylation sites is 1. The molecule has 0 bridgehead atoms. The normalized spacial score (nSPS) is 17.9. The first kappa shape index (κ1) is 25.5. The van der Waals surface area contributed by atoms with Crippen LogP contribution in [0.15, 0.2) is 56.7 Å². The number of fused-ring (bicyclic) bond motifs is 1. The van der Waals surface area contributed by atoms with E-state index in [9.17, 15) is 19.2 Å². The summed E-state index contributed by atoms with van der Waals surface area (Å²) >= 11 is 0. The van der Waals surface area contributed by atoms with Gasteiger partial charge in [-0.2, -0.15) is 0 Å². The van der Waals surface area contributed by atoms with E-state index in [-0.39, 0.29) is 36.9 Å². The Kier molecular flexibility index (Phi) is 8.07. The van der Waals surface area contributed by atoms with Crippen molar-refractivity contribution >= 4 is 22.7 Å². The zero-order chi connectivity index (χ0) is 25.7. The summed E-state index contributed by atoms with van der Waals surface area (Å²) in [7, 11) is 0. The van der Waals surface area contributed by atoms with Crippen molar-refractivity contribution < 1.29 is 14.0 Å². The number of rotatable bonds is 9. The van der Waals surface area contributed by atoms with Gasteiger partial charge in [0.15, 0.2) is 0 Å². The second-order valence-electron chi connectivity index (χ2n) is 9.90. The van der Waals surface area contributed by atoms with E-state index < -0.39 is 5.69 Å². The van der Waals surface area contributed by atoms with Crippen molar-refractivity contribution in [1.82, 2.24) is 19.4 Å². The molecule has 2 amide bonds. The highest BCUT2D eigenvalue weighted by atomic mass is 16.3. The van der Waals surface area contributed by atoms with Crippen LogP contribution in [0.2, 0.25) is 0 Å². The molecule has 1 saturated heterocycles. The number of aromatic nitrogens is 2. The predicted octanol–water partition coefficient (Wildman–Crippen LogP) is 2.75. The molecule has 1 aromatic carbocycles. The first-order chi connectivity index (χ1) is 17.3. The molecule has 2 aromatic heterocycles. The Hall–Kier alpha value is -3.62. The number of amides is 2. The number of likely N-dealkylation sites (tertiary alicyclic amines) is 1. The summed E-state index contributed by atoms with van der Waals surface area (Å²) in [5, 5.41) is 3.19. The summed E-state index contributed by atoms with van der Waals surface area (Å²) in [6.07, 6.45) is 3.91. The van der Waals surface area contributed by atoms with Gasteiger partial charge in [0.25, 0.3) is 5.56 Å². The van der Waals surface area contributed by atoms with E-state index in [0.29, 0.717) is 61.0 Å². The van der Waals surface area contributed by atoms with Crippen molar-refractivity contribution in [2.75, 3.05) is 13.1 Å². The smallest absolute Gasteiger partial charge is 0.331 e. The van der Waals surface area contributed by atoms with Gasteiger partial charge in [-0.15, -0.1) is 0 Å². The van der Waals surface area contributed by atoms with Gasteiger partial charge in [-0.3, -0.25) is 23.5 Å². The van der Waals surface area contributed by atoms with Crippen molar-refractivity contribution in [2.45, 2.75) is 59.2 Å². The highest BCUT2D eigenvalue weighted by molar-refractivity contribution is 5.81. The van der Waals surface area contributed by atoms with E-state index in [1.165, 1.54) is 9.13 Å². The van der Waals surface area contributed by atoms with E-state index in [1.54, 1.807) is 42.7 Å². The molecular weight excluding hydrogens is 460 g/mol. The van der Waals surface area contributed by atoms with Gasteiger partial charge < -0.3 is 14.6 Å². The molecule has 36 heavy (non-hydrogen) atoms. The number of hydrogen-bond donors (Lipinski definition) is 1. The average Bonchev–Trinajstić information content (AvgIpc) is 3.38.